The number of carbonyl (C=O) groups excluding carboxylic acids is 2. The van der Waals surface area contributed by atoms with E-state index >= 15 is 0 Å². The van der Waals surface area contributed by atoms with Crippen molar-refractivity contribution in [1.29, 1.82) is 0 Å². The quantitative estimate of drug-likeness (QED) is 0.581. The molecule has 2 N–H and O–H groups in total. The number of rotatable bonds is 10. The number of hydrogen-bond acceptors (Lipinski definition) is 3. The van der Waals surface area contributed by atoms with Gasteiger partial charge in [0.15, 0.2) is 0 Å². The molecular formula is C23H30ClN3O2. The van der Waals surface area contributed by atoms with E-state index in [1.54, 1.807) is 24.3 Å². The number of hydrogen-bond donors (Lipinski definition) is 2. The van der Waals surface area contributed by atoms with E-state index in [-0.39, 0.29) is 17.7 Å². The van der Waals surface area contributed by atoms with E-state index in [1.165, 1.54) is 5.56 Å². The van der Waals surface area contributed by atoms with Gasteiger partial charge < -0.3 is 15.5 Å². The first-order chi connectivity index (χ1) is 13.9. The maximum absolute atomic E-state index is 12.6. The van der Waals surface area contributed by atoms with Crippen LogP contribution in [0, 0.1) is 5.92 Å². The second-order valence-corrected chi connectivity index (χ2v) is 8.01. The summed E-state index contributed by atoms with van der Waals surface area (Å²) in [5.41, 5.74) is 1.75. The van der Waals surface area contributed by atoms with Crippen LogP contribution in [0.15, 0.2) is 54.6 Å². The van der Waals surface area contributed by atoms with Gasteiger partial charge in [0, 0.05) is 23.7 Å². The maximum atomic E-state index is 12.6. The monoisotopic (exact) mass is 415 g/mol. The predicted octanol–water partition coefficient (Wildman–Crippen LogP) is 3.73. The number of nitrogens with zero attached hydrogens (tertiary/aromatic N) is 1. The SMILES string of the molecule is CC(C)C(NC(=O)c1ccc(Cl)cc1)C(=O)NCCCN(C)Cc1ccccc1. The van der Waals surface area contributed by atoms with Crippen molar-refractivity contribution in [2.45, 2.75) is 32.9 Å². The average Bonchev–Trinajstić information content (AvgIpc) is 2.70. The molecule has 0 aliphatic rings. The van der Waals surface area contributed by atoms with Crippen LogP contribution in [0.2, 0.25) is 5.02 Å². The van der Waals surface area contributed by atoms with E-state index in [4.69, 9.17) is 11.6 Å². The fourth-order valence-corrected chi connectivity index (χ4v) is 3.13. The maximum Gasteiger partial charge on any atom is 0.251 e. The smallest absolute Gasteiger partial charge is 0.251 e. The Hall–Kier alpha value is -2.37. The summed E-state index contributed by atoms with van der Waals surface area (Å²) in [5, 5.41) is 6.34. The van der Waals surface area contributed by atoms with E-state index in [1.807, 2.05) is 32.0 Å². The van der Waals surface area contributed by atoms with E-state index in [9.17, 15) is 9.59 Å². The number of nitrogens with one attached hydrogen (secondary N) is 2. The summed E-state index contributed by atoms with van der Waals surface area (Å²) in [6.07, 6.45) is 0.838. The lowest BCUT2D eigenvalue weighted by atomic mass is 10.0. The van der Waals surface area contributed by atoms with Gasteiger partial charge in [-0.1, -0.05) is 55.8 Å². The van der Waals surface area contributed by atoms with Crippen molar-refractivity contribution in [2.75, 3.05) is 20.1 Å². The first kappa shape index (κ1) is 22.9. The van der Waals surface area contributed by atoms with Gasteiger partial charge in [-0.2, -0.15) is 0 Å². The highest BCUT2D eigenvalue weighted by atomic mass is 35.5. The van der Waals surface area contributed by atoms with Crippen LogP contribution < -0.4 is 10.6 Å². The molecule has 0 saturated heterocycles. The van der Waals surface area contributed by atoms with Crippen LogP contribution in [-0.4, -0.2) is 42.9 Å². The Bertz CT molecular complexity index is 778. The third kappa shape index (κ3) is 7.87. The largest absolute Gasteiger partial charge is 0.354 e. The Balaban J connectivity index is 1.77. The van der Waals surface area contributed by atoms with Crippen molar-refractivity contribution < 1.29 is 9.59 Å². The predicted molar refractivity (Wildman–Crippen MR) is 118 cm³/mol. The zero-order chi connectivity index (χ0) is 21.2. The molecule has 0 bridgehead atoms. The van der Waals surface area contributed by atoms with Gasteiger partial charge in [0.1, 0.15) is 6.04 Å². The van der Waals surface area contributed by atoms with E-state index in [2.05, 4.69) is 34.7 Å². The van der Waals surface area contributed by atoms with Crippen LogP contribution in [0.25, 0.3) is 0 Å². The van der Waals surface area contributed by atoms with Gasteiger partial charge in [-0.3, -0.25) is 9.59 Å². The number of benzene rings is 2. The van der Waals surface area contributed by atoms with E-state index < -0.39 is 6.04 Å². The Kier molecular flexibility index (Phi) is 9.16. The second kappa shape index (κ2) is 11.6. The van der Waals surface area contributed by atoms with Crippen molar-refractivity contribution in [3.8, 4) is 0 Å². The van der Waals surface area contributed by atoms with Crippen LogP contribution in [0.3, 0.4) is 0 Å². The first-order valence-electron chi connectivity index (χ1n) is 9.93. The average molecular weight is 416 g/mol. The molecule has 0 heterocycles. The molecule has 1 atom stereocenters. The molecular weight excluding hydrogens is 386 g/mol. The molecule has 0 aromatic heterocycles. The normalized spacial score (nSPS) is 12.1. The lowest BCUT2D eigenvalue weighted by Gasteiger charge is -2.22. The zero-order valence-electron chi connectivity index (χ0n) is 17.3. The standard InChI is InChI=1S/C23H30ClN3O2/c1-17(2)21(26-22(28)19-10-12-20(24)13-11-19)23(29)25-14-7-15-27(3)16-18-8-5-4-6-9-18/h4-6,8-13,17,21H,7,14-16H2,1-3H3,(H,25,29)(H,26,28). The van der Waals surface area contributed by atoms with Crippen molar-refractivity contribution in [1.82, 2.24) is 15.5 Å². The van der Waals surface area contributed by atoms with Gasteiger partial charge in [-0.25, -0.2) is 0 Å². The van der Waals surface area contributed by atoms with Crippen LogP contribution in [0.5, 0.6) is 0 Å². The molecule has 0 aliphatic heterocycles. The molecule has 5 nitrogen and oxygen atoms in total. The second-order valence-electron chi connectivity index (χ2n) is 7.57. The van der Waals surface area contributed by atoms with Crippen LogP contribution in [0.1, 0.15) is 36.2 Å². The Morgan fingerprint density at radius 3 is 2.31 bits per heavy atom. The fraction of sp³-hybridized carbons (Fsp3) is 0.391. The molecule has 2 aromatic carbocycles. The third-order valence-electron chi connectivity index (χ3n) is 4.65. The van der Waals surface area contributed by atoms with Crippen molar-refractivity contribution in [2.24, 2.45) is 5.92 Å². The minimum Gasteiger partial charge on any atom is -0.354 e. The molecule has 156 valence electrons. The zero-order valence-corrected chi connectivity index (χ0v) is 18.1. The van der Waals surface area contributed by atoms with Crippen LogP contribution in [-0.2, 0) is 11.3 Å². The molecule has 0 fully saturated rings. The Morgan fingerprint density at radius 2 is 1.69 bits per heavy atom. The summed E-state index contributed by atoms with van der Waals surface area (Å²) in [5.74, 6) is -0.460. The van der Waals surface area contributed by atoms with Crippen LogP contribution >= 0.6 is 11.6 Å². The molecule has 29 heavy (non-hydrogen) atoms. The summed E-state index contributed by atoms with van der Waals surface area (Å²) < 4.78 is 0. The minimum absolute atomic E-state index is 0.0213. The lowest BCUT2D eigenvalue weighted by Crippen LogP contribution is -2.50. The summed E-state index contributed by atoms with van der Waals surface area (Å²) in [6.45, 7) is 6.15. The molecule has 2 aromatic rings. The van der Waals surface area contributed by atoms with Gasteiger partial charge in [0.05, 0.1) is 0 Å². The minimum atomic E-state index is -0.583. The Labute approximate surface area is 178 Å². The molecule has 1 unspecified atom stereocenters. The lowest BCUT2D eigenvalue weighted by molar-refractivity contribution is -0.123. The van der Waals surface area contributed by atoms with Crippen molar-refractivity contribution in [3.05, 3.63) is 70.7 Å². The molecule has 2 rings (SSSR count). The fourth-order valence-electron chi connectivity index (χ4n) is 3.01. The molecule has 6 heteroatoms. The highest BCUT2D eigenvalue weighted by Crippen LogP contribution is 2.11. The number of amides is 2. The van der Waals surface area contributed by atoms with E-state index in [0.717, 1.165) is 19.5 Å². The third-order valence-corrected chi connectivity index (χ3v) is 4.91. The van der Waals surface area contributed by atoms with E-state index in [0.29, 0.717) is 17.1 Å². The van der Waals surface area contributed by atoms with Gasteiger partial charge >= 0.3 is 0 Å². The van der Waals surface area contributed by atoms with Gasteiger partial charge in [0.25, 0.3) is 5.91 Å². The molecule has 0 radical (unpaired) electrons. The Morgan fingerprint density at radius 1 is 1.03 bits per heavy atom. The van der Waals surface area contributed by atoms with Gasteiger partial charge in [-0.05, 0) is 55.8 Å². The van der Waals surface area contributed by atoms with Crippen LogP contribution in [0.4, 0.5) is 0 Å². The molecule has 0 aliphatic carbocycles. The number of carbonyl (C=O) groups is 2. The summed E-state index contributed by atoms with van der Waals surface area (Å²) in [4.78, 5) is 27.2. The molecule has 0 spiro atoms. The highest BCUT2D eigenvalue weighted by molar-refractivity contribution is 6.30. The first-order valence-corrected chi connectivity index (χ1v) is 10.3. The topological polar surface area (TPSA) is 61.4 Å². The van der Waals surface area contributed by atoms with Gasteiger partial charge in [-0.15, -0.1) is 0 Å². The summed E-state index contributed by atoms with van der Waals surface area (Å²) in [7, 11) is 2.07. The molecule has 0 saturated carbocycles. The highest BCUT2D eigenvalue weighted by Gasteiger charge is 2.24. The summed E-state index contributed by atoms with van der Waals surface area (Å²) in [6, 6.07) is 16.3. The number of halogens is 1. The van der Waals surface area contributed by atoms with Crippen molar-refractivity contribution >= 4 is 23.4 Å². The summed E-state index contributed by atoms with van der Waals surface area (Å²) >= 11 is 5.86. The molecule has 2 amide bonds. The van der Waals surface area contributed by atoms with Gasteiger partial charge in [0.2, 0.25) is 5.91 Å². The van der Waals surface area contributed by atoms with Crippen molar-refractivity contribution in [3.63, 3.8) is 0 Å².